The molecule has 0 aromatic carbocycles. The molecule has 0 atom stereocenters. The quantitative estimate of drug-likeness (QED) is 0.749. The molecule has 2 aliphatic carbocycles. The molecule has 0 heterocycles. The van der Waals surface area contributed by atoms with Gasteiger partial charge in [0.05, 0.1) is 0 Å². The Morgan fingerprint density at radius 3 is 2.39 bits per heavy atom. The number of hydrogen-bond donors (Lipinski definition) is 1. The summed E-state index contributed by atoms with van der Waals surface area (Å²) < 4.78 is 0. The van der Waals surface area contributed by atoms with Gasteiger partial charge in [0.1, 0.15) is 0 Å². The monoisotopic (exact) mass is 252 g/mol. The lowest BCUT2D eigenvalue weighted by molar-refractivity contribution is -0.134. The molecule has 0 aromatic heterocycles. The van der Waals surface area contributed by atoms with E-state index in [-0.39, 0.29) is 23.8 Å². The molecular weight excluding hydrogens is 228 g/mol. The Labute approximate surface area is 109 Å². The van der Waals surface area contributed by atoms with E-state index in [9.17, 15) is 9.59 Å². The van der Waals surface area contributed by atoms with Crippen LogP contribution in [0.5, 0.6) is 0 Å². The van der Waals surface area contributed by atoms with E-state index >= 15 is 0 Å². The molecule has 0 saturated heterocycles. The van der Waals surface area contributed by atoms with E-state index < -0.39 is 0 Å². The van der Waals surface area contributed by atoms with Crippen molar-refractivity contribution in [2.24, 2.45) is 5.92 Å². The molecule has 0 spiro atoms. The standard InChI is InChI=1S/C14H24N2O2/c1-10(2)16(14(18)11-5-6-11)9-3-4-13(17)15-12-7-8-12/h10-12H,3-9H2,1-2H3,(H,15,17). The third-order valence-corrected chi connectivity index (χ3v) is 3.58. The van der Waals surface area contributed by atoms with Gasteiger partial charge in [0.25, 0.3) is 0 Å². The average molecular weight is 252 g/mol. The second-order valence-electron chi connectivity index (χ2n) is 5.84. The Hall–Kier alpha value is -1.06. The van der Waals surface area contributed by atoms with Gasteiger partial charge in [-0.2, -0.15) is 0 Å². The summed E-state index contributed by atoms with van der Waals surface area (Å²) in [5, 5.41) is 2.98. The summed E-state index contributed by atoms with van der Waals surface area (Å²) in [4.78, 5) is 25.5. The molecule has 0 unspecified atom stereocenters. The van der Waals surface area contributed by atoms with E-state index in [1.54, 1.807) is 0 Å². The van der Waals surface area contributed by atoms with Crippen LogP contribution < -0.4 is 5.32 Å². The molecule has 2 aliphatic rings. The van der Waals surface area contributed by atoms with Crippen LogP contribution in [0.2, 0.25) is 0 Å². The molecule has 0 aromatic rings. The number of amides is 2. The molecule has 1 N–H and O–H groups in total. The van der Waals surface area contributed by atoms with Crippen molar-refractivity contribution >= 4 is 11.8 Å². The number of carbonyl (C=O) groups excluding carboxylic acids is 2. The van der Waals surface area contributed by atoms with Crippen LogP contribution in [0.3, 0.4) is 0 Å². The van der Waals surface area contributed by atoms with Gasteiger partial charge in [-0.1, -0.05) is 0 Å². The Balaban J connectivity index is 1.67. The van der Waals surface area contributed by atoms with E-state index in [0.717, 1.165) is 32.1 Å². The number of carbonyl (C=O) groups is 2. The Kier molecular flexibility index (Phi) is 4.25. The minimum Gasteiger partial charge on any atom is -0.353 e. The summed E-state index contributed by atoms with van der Waals surface area (Å²) in [5.41, 5.74) is 0. The summed E-state index contributed by atoms with van der Waals surface area (Å²) in [7, 11) is 0. The van der Waals surface area contributed by atoms with E-state index in [2.05, 4.69) is 5.32 Å². The number of nitrogens with zero attached hydrogens (tertiary/aromatic N) is 1. The van der Waals surface area contributed by atoms with E-state index in [4.69, 9.17) is 0 Å². The minimum absolute atomic E-state index is 0.139. The average Bonchev–Trinajstić information content (AvgIpc) is 3.13. The van der Waals surface area contributed by atoms with Crippen LogP contribution in [0.4, 0.5) is 0 Å². The molecule has 2 amide bonds. The normalized spacial score (nSPS) is 18.8. The van der Waals surface area contributed by atoms with Gasteiger partial charge in [0, 0.05) is 31.0 Å². The van der Waals surface area contributed by atoms with Crippen LogP contribution in [0.25, 0.3) is 0 Å². The second kappa shape index (κ2) is 5.72. The maximum Gasteiger partial charge on any atom is 0.225 e. The highest BCUT2D eigenvalue weighted by atomic mass is 16.2. The molecule has 4 nitrogen and oxygen atoms in total. The molecule has 2 saturated carbocycles. The van der Waals surface area contributed by atoms with Crippen LogP contribution in [-0.4, -0.2) is 35.3 Å². The lowest BCUT2D eigenvalue weighted by Gasteiger charge is -2.26. The molecule has 2 fully saturated rings. The van der Waals surface area contributed by atoms with Crippen LogP contribution in [-0.2, 0) is 9.59 Å². The number of nitrogens with one attached hydrogen (secondary N) is 1. The van der Waals surface area contributed by atoms with Gasteiger partial charge in [-0.25, -0.2) is 0 Å². The van der Waals surface area contributed by atoms with Crippen molar-refractivity contribution in [1.29, 1.82) is 0 Å². The van der Waals surface area contributed by atoms with Crippen molar-refractivity contribution in [2.75, 3.05) is 6.54 Å². The van der Waals surface area contributed by atoms with Gasteiger partial charge in [-0.05, 0) is 46.0 Å². The zero-order valence-electron chi connectivity index (χ0n) is 11.4. The maximum absolute atomic E-state index is 12.0. The third-order valence-electron chi connectivity index (χ3n) is 3.58. The fourth-order valence-corrected chi connectivity index (χ4v) is 2.13. The van der Waals surface area contributed by atoms with Crippen molar-refractivity contribution in [1.82, 2.24) is 10.2 Å². The predicted molar refractivity (Wildman–Crippen MR) is 70.0 cm³/mol. The molecule has 0 bridgehead atoms. The van der Waals surface area contributed by atoms with Crippen LogP contribution in [0.1, 0.15) is 52.4 Å². The summed E-state index contributed by atoms with van der Waals surface area (Å²) in [6.45, 7) is 4.81. The second-order valence-corrected chi connectivity index (χ2v) is 5.84. The first kappa shape index (κ1) is 13.4. The highest BCUT2D eigenvalue weighted by molar-refractivity contribution is 5.81. The van der Waals surface area contributed by atoms with Gasteiger partial charge in [-0.3, -0.25) is 9.59 Å². The van der Waals surface area contributed by atoms with Crippen molar-refractivity contribution in [3.05, 3.63) is 0 Å². The SMILES string of the molecule is CC(C)N(CCCC(=O)NC1CC1)C(=O)C1CC1. The third kappa shape index (κ3) is 4.00. The summed E-state index contributed by atoms with van der Waals surface area (Å²) in [5.74, 6) is 0.695. The van der Waals surface area contributed by atoms with Gasteiger partial charge in [0.15, 0.2) is 0 Å². The fourth-order valence-electron chi connectivity index (χ4n) is 2.13. The Morgan fingerprint density at radius 2 is 1.89 bits per heavy atom. The first-order chi connectivity index (χ1) is 8.58. The molecule has 0 radical (unpaired) electrons. The van der Waals surface area contributed by atoms with E-state index in [1.165, 1.54) is 0 Å². The van der Waals surface area contributed by atoms with Crippen LogP contribution in [0, 0.1) is 5.92 Å². The smallest absolute Gasteiger partial charge is 0.225 e. The Bertz CT molecular complexity index is 320. The number of rotatable bonds is 7. The van der Waals surface area contributed by atoms with E-state index in [0.29, 0.717) is 19.0 Å². The highest BCUT2D eigenvalue weighted by Gasteiger charge is 2.34. The molecule has 0 aliphatic heterocycles. The highest BCUT2D eigenvalue weighted by Crippen LogP contribution is 2.31. The van der Waals surface area contributed by atoms with Crippen LogP contribution in [0.15, 0.2) is 0 Å². The van der Waals surface area contributed by atoms with Gasteiger partial charge in [-0.15, -0.1) is 0 Å². The largest absolute Gasteiger partial charge is 0.353 e. The first-order valence-electron chi connectivity index (χ1n) is 7.17. The zero-order chi connectivity index (χ0) is 13.1. The maximum atomic E-state index is 12.0. The molecular formula is C14H24N2O2. The minimum atomic E-state index is 0.139. The molecule has 18 heavy (non-hydrogen) atoms. The van der Waals surface area contributed by atoms with Crippen LogP contribution >= 0.6 is 0 Å². The lowest BCUT2D eigenvalue weighted by Crippen LogP contribution is -2.39. The van der Waals surface area contributed by atoms with Crippen molar-refractivity contribution < 1.29 is 9.59 Å². The number of hydrogen-bond acceptors (Lipinski definition) is 2. The summed E-state index contributed by atoms with van der Waals surface area (Å²) in [6, 6.07) is 0.677. The van der Waals surface area contributed by atoms with Crippen molar-refractivity contribution in [2.45, 2.75) is 64.5 Å². The van der Waals surface area contributed by atoms with Gasteiger partial charge >= 0.3 is 0 Å². The molecule has 102 valence electrons. The summed E-state index contributed by atoms with van der Waals surface area (Å²) in [6.07, 6.45) is 5.66. The van der Waals surface area contributed by atoms with Crippen molar-refractivity contribution in [3.8, 4) is 0 Å². The van der Waals surface area contributed by atoms with Gasteiger partial charge < -0.3 is 10.2 Å². The topological polar surface area (TPSA) is 49.4 Å². The van der Waals surface area contributed by atoms with Gasteiger partial charge in [0.2, 0.25) is 11.8 Å². The first-order valence-corrected chi connectivity index (χ1v) is 7.17. The predicted octanol–water partition coefficient (Wildman–Crippen LogP) is 1.69. The van der Waals surface area contributed by atoms with Crippen molar-refractivity contribution in [3.63, 3.8) is 0 Å². The molecule has 4 heteroatoms. The lowest BCUT2D eigenvalue weighted by atomic mass is 10.2. The van der Waals surface area contributed by atoms with E-state index in [1.807, 2.05) is 18.7 Å². The zero-order valence-corrected chi connectivity index (χ0v) is 11.4. The Morgan fingerprint density at radius 1 is 1.22 bits per heavy atom. The summed E-state index contributed by atoms with van der Waals surface area (Å²) >= 11 is 0. The molecule has 2 rings (SSSR count). The fraction of sp³-hybridized carbons (Fsp3) is 0.857.